The summed E-state index contributed by atoms with van der Waals surface area (Å²) in [4.78, 5) is 16.1. The van der Waals surface area contributed by atoms with E-state index in [2.05, 4.69) is 4.99 Å². The van der Waals surface area contributed by atoms with E-state index < -0.39 is 5.82 Å². The van der Waals surface area contributed by atoms with Gasteiger partial charge in [0.2, 0.25) is 0 Å². The Balaban J connectivity index is 2.45. The molecule has 0 saturated heterocycles. The molecule has 20 heavy (non-hydrogen) atoms. The normalized spacial score (nSPS) is 11.7. The summed E-state index contributed by atoms with van der Waals surface area (Å²) in [5.74, 6) is -0.868. The Kier molecular flexibility index (Phi) is 4.96. The predicted octanol–water partition coefficient (Wildman–Crippen LogP) is 4.80. The lowest BCUT2D eigenvalue weighted by Crippen LogP contribution is -2.05. The van der Waals surface area contributed by atoms with Gasteiger partial charge in [0.15, 0.2) is 0 Å². The van der Waals surface area contributed by atoms with Gasteiger partial charge in [0.05, 0.1) is 16.1 Å². The molecule has 0 radical (unpaired) electrons. The molecule has 2 nitrogen and oxygen atoms in total. The number of nitrogens with zero attached hydrogens (tertiary/aromatic N) is 1. The van der Waals surface area contributed by atoms with Crippen LogP contribution < -0.4 is 0 Å². The van der Waals surface area contributed by atoms with Crippen molar-refractivity contribution >= 4 is 45.7 Å². The lowest BCUT2D eigenvalue weighted by molar-refractivity contribution is 0.100. The van der Waals surface area contributed by atoms with Gasteiger partial charge >= 0.3 is 0 Å². The molecule has 104 valence electrons. The summed E-state index contributed by atoms with van der Waals surface area (Å²) in [6.07, 6.45) is 1.73. The maximum Gasteiger partial charge on any atom is 0.279 e. The van der Waals surface area contributed by atoms with Crippen molar-refractivity contribution in [2.75, 3.05) is 6.26 Å². The predicted molar refractivity (Wildman–Crippen MR) is 84.8 cm³/mol. The molecule has 0 aliphatic rings. The van der Waals surface area contributed by atoms with Crippen LogP contribution in [0.3, 0.4) is 0 Å². The van der Waals surface area contributed by atoms with Gasteiger partial charge in [-0.1, -0.05) is 17.7 Å². The second-order valence-electron chi connectivity index (χ2n) is 3.99. The van der Waals surface area contributed by atoms with Gasteiger partial charge < -0.3 is 0 Å². The molecule has 6 heteroatoms. The van der Waals surface area contributed by atoms with Crippen LogP contribution in [0.1, 0.15) is 21.5 Å². The molecule has 0 saturated carbocycles. The molecular weight excluding hydrogens is 317 g/mol. The van der Waals surface area contributed by atoms with E-state index in [-0.39, 0.29) is 21.5 Å². The number of rotatable bonds is 2. The van der Waals surface area contributed by atoms with Gasteiger partial charge in [-0.05, 0) is 36.3 Å². The summed E-state index contributed by atoms with van der Waals surface area (Å²) in [7, 11) is 0. The maximum atomic E-state index is 13.9. The Morgan fingerprint density at radius 2 is 2.15 bits per heavy atom. The summed E-state index contributed by atoms with van der Waals surface area (Å²) in [6.45, 7) is 1.84. The lowest BCUT2D eigenvalue weighted by Gasteiger charge is -2.06. The monoisotopic (exact) mass is 327 g/mol. The molecule has 0 bridgehead atoms. The molecule has 1 amide bonds. The van der Waals surface area contributed by atoms with Gasteiger partial charge in [-0.25, -0.2) is 9.38 Å². The third kappa shape index (κ3) is 3.11. The third-order valence-electron chi connectivity index (χ3n) is 2.66. The molecule has 0 aliphatic carbocycles. The number of carbonyl (C=O) groups is 1. The Morgan fingerprint density at radius 1 is 1.40 bits per heavy atom. The van der Waals surface area contributed by atoms with E-state index in [1.807, 2.05) is 12.3 Å². The molecule has 2 aromatic rings. The molecule has 1 heterocycles. The van der Waals surface area contributed by atoms with Crippen LogP contribution >= 0.6 is 34.7 Å². The van der Waals surface area contributed by atoms with Crippen molar-refractivity contribution in [2.24, 2.45) is 4.99 Å². The molecular formula is C14H11ClFNOS2. The number of hydrogen-bond donors (Lipinski definition) is 0. The second kappa shape index (κ2) is 6.52. The van der Waals surface area contributed by atoms with Crippen LogP contribution in [0.2, 0.25) is 5.02 Å². The molecule has 0 unspecified atom stereocenters. The first kappa shape index (κ1) is 15.2. The summed E-state index contributed by atoms with van der Waals surface area (Å²) < 4.78 is 13.9. The summed E-state index contributed by atoms with van der Waals surface area (Å²) in [6, 6.07) is 4.39. The van der Waals surface area contributed by atoms with E-state index in [4.69, 9.17) is 11.6 Å². The highest BCUT2D eigenvalue weighted by atomic mass is 35.5. The smallest absolute Gasteiger partial charge is 0.267 e. The van der Waals surface area contributed by atoms with Crippen molar-refractivity contribution < 1.29 is 9.18 Å². The van der Waals surface area contributed by atoms with Gasteiger partial charge in [0, 0.05) is 5.38 Å². The summed E-state index contributed by atoms with van der Waals surface area (Å²) in [5, 5.41) is 4.14. The minimum Gasteiger partial charge on any atom is -0.267 e. The zero-order valence-corrected chi connectivity index (χ0v) is 13.2. The zero-order valence-electron chi connectivity index (χ0n) is 10.8. The van der Waals surface area contributed by atoms with Crippen LogP contribution in [-0.4, -0.2) is 17.2 Å². The topological polar surface area (TPSA) is 29.4 Å². The number of halogens is 2. The number of amides is 1. The first-order chi connectivity index (χ1) is 9.54. The van der Waals surface area contributed by atoms with Gasteiger partial charge in [0.25, 0.3) is 5.91 Å². The van der Waals surface area contributed by atoms with E-state index in [1.165, 1.54) is 35.2 Å². The van der Waals surface area contributed by atoms with Crippen LogP contribution in [-0.2, 0) is 0 Å². The molecule has 0 N–H and O–H groups in total. The molecule has 2 rings (SSSR count). The largest absolute Gasteiger partial charge is 0.279 e. The fourth-order valence-electron chi connectivity index (χ4n) is 1.64. The van der Waals surface area contributed by atoms with Crippen LogP contribution in [0.4, 0.5) is 4.39 Å². The molecule has 0 fully saturated rings. The Hall–Kier alpha value is -1.17. The number of carbonyl (C=O) groups excluding carboxylic acids is 1. The van der Waals surface area contributed by atoms with Crippen molar-refractivity contribution in [3.63, 3.8) is 0 Å². The number of thioether (sulfide) groups is 1. The first-order valence-electron chi connectivity index (χ1n) is 5.68. The lowest BCUT2D eigenvalue weighted by atomic mass is 10.2. The zero-order chi connectivity index (χ0) is 14.7. The van der Waals surface area contributed by atoms with Gasteiger partial charge in [0.1, 0.15) is 10.9 Å². The number of thiophene rings is 1. The standard InChI is InChI=1S/C14H11ClFNOS2/c1-8-6-20-7-9(8)13(18)17-14(19-2)12-10(15)4-3-5-11(12)16/h3-7H,1-2H3/b17-14-. The van der Waals surface area contributed by atoms with E-state index in [1.54, 1.807) is 17.7 Å². The number of aryl methyl sites for hydroxylation is 1. The highest BCUT2D eigenvalue weighted by Crippen LogP contribution is 2.25. The van der Waals surface area contributed by atoms with Gasteiger partial charge in [-0.15, -0.1) is 11.8 Å². The average molecular weight is 328 g/mol. The Bertz CT molecular complexity index is 661. The van der Waals surface area contributed by atoms with Crippen molar-refractivity contribution in [1.82, 2.24) is 0 Å². The van der Waals surface area contributed by atoms with Crippen LogP contribution in [0, 0.1) is 12.7 Å². The van der Waals surface area contributed by atoms with Crippen molar-refractivity contribution in [1.29, 1.82) is 0 Å². The highest BCUT2D eigenvalue weighted by Gasteiger charge is 2.16. The van der Waals surface area contributed by atoms with Gasteiger partial charge in [-0.3, -0.25) is 4.79 Å². The number of benzene rings is 1. The number of aliphatic imine (C=N–C) groups is 1. The first-order valence-corrected chi connectivity index (χ1v) is 8.23. The SMILES string of the molecule is CS/C(=N\C(=O)c1cscc1C)c1c(F)cccc1Cl. The van der Waals surface area contributed by atoms with Crippen LogP contribution in [0.15, 0.2) is 34.0 Å². The Labute approximate surface area is 129 Å². The fraction of sp³-hybridized carbons (Fsp3) is 0.143. The van der Waals surface area contributed by atoms with E-state index in [0.717, 1.165) is 5.56 Å². The Morgan fingerprint density at radius 3 is 2.70 bits per heavy atom. The van der Waals surface area contributed by atoms with Crippen molar-refractivity contribution in [3.8, 4) is 0 Å². The minimum atomic E-state index is -0.486. The third-order valence-corrected chi connectivity index (χ3v) is 4.52. The fourth-order valence-corrected chi connectivity index (χ4v) is 3.35. The molecule has 1 aromatic heterocycles. The maximum absolute atomic E-state index is 13.9. The van der Waals surface area contributed by atoms with Crippen LogP contribution in [0.5, 0.6) is 0 Å². The van der Waals surface area contributed by atoms with Gasteiger partial charge in [-0.2, -0.15) is 11.3 Å². The van der Waals surface area contributed by atoms with Crippen molar-refractivity contribution in [2.45, 2.75) is 6.92 Å². The summed E-state index contributed by atoms with van der Waals surface area (Å²) in [5.41, 5.74) is 1.57. The minimum absolute atomic E-state index is 0.169. The van der Waals surface area contributed by atoms with E-state index in [0.29, 0.717) is 5.56 Å². The average Bonchev–Trinajstić information content (AvgIpc) is 2.83. The van der Waals surface area contributed by atoms with Crippen molar-refractivity contribution in [3.05, 3.63) is 56.5 Å². The second-order valence-corrected chi connectivity index (χ2v) is 5.94. The van der Waals surface area contributed by atoms with E-state index >= 15 is 0 Å². The number of hydrogen-bond acceptors (Lipinski definition) is 3. The summed E-state index contributed by atoms with van der Waals surface area (Å²) >= 11 is 8.62. The molecule has 0 spiro atoms. The molecule has 0 aliphatic heterocycles. The van der Waals surface area contributed by atoms with E-state index in [9.17, 15) is 9.18 Å². The molecule has 1 aromatic carbocycles. The molecule has 0 atom stereocenters. The highest BCUT2D eigenvalue weighted by molar-refractivity contribution is 8.13. The quantitative estimate of drug-likeness (QED) is 0.585. The van der Waals surface area contributed by atoms with Crippen LogP contribution in [0.25, 0.3) is 0 Å².